The van der Waals surface area contributed by atoms with Gasteiger partial charge in [-0.15, -0.1) is 0 Å². The Labute approximate surface area is 146 Å². The molecule has 0 heterocycles. The number of ether oxygens (including phenoxy) is 1. The summed E-state index contributed by atoms with van der Waals surface area (Å²) in [5.41, 5.74) is 2.61. The van der Waals surface area contributed by atoms with E-state index in [0.29, 0.717) is 12.1 Å². The maximum absolute atomic E-state index is 12.3. The molecule has 3 aromatic rings. The maximum atomic E-state index is 12.3. The van der Waals surface area contributed by atoms with E-state index in [2.05, 4.69) is 5.32 Å². The summed E-state index contributed by atoms with van der Waals surface area (Å²) in [6.45, 7) is 2.10. The van der Waals surface area contributed by atoms with E-state index in [4.69, 9.17) is 4.74 Å². The highest BCUT2D eigenvalue weighted by molar-refractivity contribution is 6.04. The molecule has 0 aliphatic carbocycles. The van der Waals surface area contributed by atoms with Gasteiger partial charge in [-0.2, -0.15) is 0 Å². The van der Waals surface area contributed by atoms with Crippen molar-refractivity contribution in [1.29, 1.82) is 0 Å². The molecule has 3 aromatic carbocycles. The van der Waals surface area contributed by atoms with E-state index in [1.54, 1.807) is 12.1 Å². The van der Waals surface area contributed by atoms with Crippen molar-refractivity contribution >= 4 is 22.6 Å². The lowest BCUT2D eigenvalue weighted by Crippen LogP contribution is -2.28. The van der Waals surface area contributed by atoms with Crippen molar-refractivity contribution in [3.63, 3.8) is 0 Å². The van der Waals surface area contributed by atoms with Crippen molar-refractivity contribution in [1.82, 2.24) is 5.32 Å². The van der Waals surface area contributed by atoms with Gasteiger partial charge in [-0.3, -0.25) is 4.79 Å². The minimum atomic E-state index is -0.497. The van der Waals surface area contributed by atoms with Gasteiger partial charge in [0.25, 0.3) is 5.91 Å². The van der Waals surface area contributed by atoms with Crippen molar-refractivity contribution in [2.24, 2.45) is 0 Å². The highest BCUT2D eigenvalue weighted by Gasteiger charge is 2.13. The molecule has 126 valence electrons. The van der Waals surface area contributed by atoms with E-state index in [9.17, 15) is 9.59 Å². The fourth-order valence-electron chi connectivity index (χ4n) is 2.67. The van der Waals surface area contributed by atoms with Gasteiger partial charge in [-0.05, 0) is 34.9 Å². The molecule has 0 bridgehead atoms. The summed E-state index contributed by atoms with van der Waals surface area (Å²) in [6.07, 6.45) is 0. The average molecular weight is 333 g/mol. The van der Waals surface area contributed by atoms with Crippen molar-refractivity contribution in [2.75, 3.05) is 6.61 Å². The summed E-state index contributed by atoms with van der Waals surface area (Å²) in [6, 6.07) is 20.8. The number of rotatable bonds is 5. The Morgan fingerprint density at radius 3 is 2.48 bits per heavy atom. The second kappa shape index (κ2) is 7.62. The summed E-state index contributed by atoms with van der Waals surface area (Å²) in [7, 11) is 0. The standard InChI is InChI=1S/C21H19NO3/c1-15-7-2-3-9-17(15)13-22-20(23)14-25-21(24)19-12-6-10-16-8-4-5-11-18(16)19/h2-12H,13-14H2,1H3,(H,22,23). The third-order valence-electron chi connectivity index (χ3n) is 4.08. The van der Waals surface area contributed by atoms with Crippen molar-refractivity contribution in [3.8, 4) is 0 Å². The molecule has 3 rings (SSSR count). The molecule has 1 amide bonds. The van der Waals surface area contributed by atoms with Crippen LogP contribution in [0.15, 0.2) is 66.7 Å². The highest BCUT2D eigenvalue weighted by Crippen LogP contribution is 2.19. The Balaban J connectivity index is 1.58. The largest absolute Gasteiger partial charge is 0.452 e. The van der Waals surface area contributed by atoms with Crippen LogP contribution in [0.3, 0.4) is 0 Å². The van der Waals surface area contributed by atoms with Gasteiger partial charge in [0.1, 0.15) is 0 Å². The molecule has 4 nitrogen and oxygen atoms in total. The van der Waals surface area contributed by atoms with Crippen molar-refractivity contribution in [2.45, 2.75) is 13.5 Å². The minimum Gasteiger partial charge on any atom is -0.452 e. The molecule has 0 spiro atoms. The smallest absolute Gasteiger partial charge is 0.339 e. The quantitative estimate of drug-likeness (QED) is 0.726. The summed E-state index contributed by atoms with van der Waals surface area (Å²) < 4.78 is 5.17. The predicted molar refractivity (Wildman–Crippen MR) is 97.3 cm³/mol. The van der Waals surface area contributed by atoms with Gasteiger partial charge in [-0.1, -0.05) is 60.7 Å². The van der Waals surface area contributed by atoms with Gasteiger partial charge in [0.2, 0.25) is 0 Å². The monoisotopic (exact) mass is 333 g/mol. The van der Waals surface area contributed by atoms with Gasteiger partial charge in [0.05, 0.1) is 5.56 Å². The molecule has 0 saturated carbocycles. The van der Waals surface area contributed by atoms with E-state index in [1.165, 1.54) is 0 Å². The van der Waals surface area contributed by atoms with Gasteiger partial charge in [0, 0.05) is 6.54 Å². The van der Waals surface area contributed by atoms with E-state index in [-0.39, 0.29) is 12.5 Å². The zero-order valence-corrected chi connectivity index (χ0v) is 14.0. The third-order valence-corrected chi connectivity index (χ3v) is 4.08. The molecule has 0 aliphatic heterocycles. The lowest BCUT2D eigenvalue weighted by Gasteiger charge is -2.09. The van der Waals surface area contributed by atoms with Gasteiger partial charge in [-0.25, -0.2) is 4.79 Å². The number of nitrogens with one attached hydrogen (secondary N) is 1. The van der Waals surface area contributed by atoms with E-state index >= 15 is 0 Å². The minimum absolute atomic E-state index is 0.298. The van der Waals surface area contributed by atoms with Crippen LogP contribution in [0.2, 0.25) is 0 Å². The highest BCUT2D eigenvalue weighted by atomic mass is 16.5. The van der Waals surface area contributed by atoms with Crippen molar-refractivity contribution < 1.29 is 14.3 Å². The topological polar surface area (TPSA) is 55.4 Å². The van der Waals surface area contributed by atoms with E-state index in [1.807, 2.05) is 61.5 Å². The SMILES string of the molecule is Cc1ccccc1CNC(=O)COC(=O)c1cccc2ccccc12. The number of esters is 1. The van der Waals surface area contributed by atoms with Gasteiger partial charge in [0.15, 0.2) is 6.61 Å². The first kappa shape index (κ1) is 16.7. The molecule has 0 atom stereocenters. The number of carbonyl (C=O) groups is 2. The second-order valence-electron chi connectivity index (χ2n) is 5.81. The van der Waals surface area contributed by atoms with Crippen LogP contribution in [-0.4, -0.2) is 18.5 Å². The first-order valence-corrected chi connectivity index (χ1v) is 8.11. The van der Waals surface area contributed by atoms with Gasteiger partial charge >= 0.3 is 5.97 Å². The zero-order chi connectivity index (χ0) is 17.6. The van der Waals surface area contributed by atoms with Crippen LogP contribution >= 0.6 is 0 Å². The molecule has 4 heteroatoms. The number of aryl methyl sites for hydroxylation is 1. The van der Waals surface area contributed by atoms with Gasteiger partial charge < -0.3 is 10.1 Å². The normalized spacial score (nSPS) is 10.4. The fourth-order valence-corrected chi connectivity index (χ4v) is 2.67. The van der Waals surface area contributed by atoms with E-state index < -0.39 is 5.97 Å². The summed E-state index contributed by atoms with van der Waals surface area (Å²) in [5, 5.41) is 4.54. The molecule has 25 heavy (non-hydrogen) atoms. The molecular formula is C21H19NO3. The molecule has 0 aliphatic rings. The molecule has 0 fully saturated rings. The Hall–Kier alpha value is -3.14. The third kappa shape index (κ3) is 4.04. The molecule has 0 aromatic heterocycles. The Bertz CT molecular complexity index is 912. The summed E-state index contributed by atoms with van der Waals surface area (Å²) >= 11 is 0. The Morgan fingerprint density at radius 2 is 1.64 bits per heavy atom. The van der Waals surface area contributed by atoms with Crippen LogP contribution in [0.1, 0.15) is 21.5 Å². The first-order chi connectivity index (χ1) is 12.1. The Kier molecular flexibility index (Phi) is 5.09. The fraction of sp³-hybridized carbons (Fsp3) is 0.143. The number of hydrogen-bond donors (Lipinski definition) is 1. The zero-order valence-electron chi connectivity index (χ0n) is 14.0. The first-order valence-electron chi connectivity index (χ1n) is 8.11. The number of fused-ring (bicyclic) bond motifs is 1. The van der Waals surface area contributed by atoms with Crippen LogP contribution in [0.4, 0.5) is 0 Å². The molecule has 0 saturated heterocycles. The molecule has 0 radical (unpaired) electrons. The van der Waals surface area contributed by atoms with Crippen LogP contribution in [0.5, 0.6) is 0 Å². The second-order valence-corrected chi connectivity index (χ2v) is 5.81. The number of hydrogen-bond acceptors (Lipinski definition) is 3. The lowest BCUT2D eigenvalue weighted by atomic mass is 10.1. The van der Waals surface area contributed by atoms with Crippen LogP contribution in [0, 0.1) is 6.92 Å². The molecular weight excluding hydrogens is 314 g/mol. The summed E-state index contributed by atoms with van der Waals surface area (Å²) in [4.78, 5) is 24.2. The number of benzene rings is 3. The molecule has 1 N–H and O–H groups in total. The lowest BCUT2D eigenvalue weighted by molar-refractivity contribution is -0.124. The van der Waals surface area contributed by atoms with E-state index in [0.717, 1.165) is 21.9 Å². The van der Waals surface area contributed by atoms with Crippen LogP contribution < -0.4 is 5.32 Å². The van der Waals surface area contributed by atoms with Crippen molar-refractivity contribution in [3.05, 3.63) is 83.4 Å². The average Bonchev–Trinajstić information content (AvgIpc) is 2.65. The summed E-state index contributed by atoms with van der Waals surface area (Å²) in [5.74, 6) is -0.820. The number of carbonyl (C=O) groups excluding carboxylic acids is 2. The Morgan fingerprint density at radius 1 is 0.920 bits per heavy atom. The van der Waals surface area contributed by atoms with Crippen LogP contribution in [-0.2, 0) is 16.1 Å². The maximum Gasteiger partial charge on any atom is 0.339 e. The molecule has 0 unspecified atom stereocenters. The number of amides is 1. The predicted octanol–water partition coefficient (Wildman–Crippen LogP) is 3.62. The van der Waals surface area contributed by atoms with Crippen LogP contribution in [0.25, 0.3) is 10.8 Å².